The molecule has 0 saturated carbocycles. The highest BCUT2D eigenvalue weighted by molar-refractivity contribution is 5.90. The second-order valence-corrected chi connectivity index (χ2v) is 6.56. The summed E-state index contributed by atoms with van der Waals surface area (Å²) >= 11 is 0. The Balaban J connectivity index is 1.39. The van der Waals surface area contributed by atoms with E-state index in [1.807, 2.05) is 23.1 Å². The van der Waals surface area contributed by atoms with Crippen LogP contribution in [0.15, 0.2) is 63.8 Å². The van der Waals surface area contributed by atoms with Crippen molar-refractivity contribution in [3.63, 3.8) is 0 Å². The Morgan fingerprint density at radius 3 is 2.59 bits per heavy atom. The number of aromatic nitrogens is 2. The highest BCUT2D eigenvalue weighted by atomic mass is 16.4. The minimum absolute atomic E-state index is 0.0124. The van der Waals surface area contributed by atoms with Gasteiger partial charge < -0.3 is 20.0 Å². The van der Waals surface area contributed by atoms with Crippen LogP contribution in [0.2, 0.25) is 0 Å². The summed E-state index contributed by atoms with van der Waals surface area (Å²) in [7, 11) is 0. The zero-order chi connectivity index (χ0) is 20.2. The van der Waals surface area contributed by atoms with Gasteiger partial charge in [-0.2, -0.15) is 4.68 Å². The molecule has 3 aromatic rings. The third-order valence-electron chi connectivity index (χ3n) is 4.47. The number of carbonyl (C=O) groups excluding carboxylic acids is 2. The Labute approximate surface area is 165 Å². The maximum Gasteiger partial charge on any atom is 0.437 e. The molecule has 0 radical (unpaired) electrons. The van der Waals surface area contributed by atoms with Gasteiger partial charge in [0.25, 0.3) is 0 Å². The zero-order valence-electron chi connectivity index (χ0n) is 15.5. The molecule has 1 saturated heterocycles. The minimum atomic E-state index is -0.697. The molecule has 1 aliphatic rings. The largest absolute Gasteiger partial charge is 0.437 e. The summed E-state index contributed by atoms with van der Waals surface area (Å²) < 4.78 is 6.11. The van der Waals surface area contributed by atoms with Crippen LogP contribution in [0.3, 0.4) is 0 Å². The first-order valence-corrected chi connectivity index (χ1v) is 9.13. The Hall–Kier alpha value is -3.88. The van der Waals surface area contributed by atoms with Gasteiger partial charge in [0.2, 0.25) is 17.7 Å². The van der Waals surface area contributed by atoms with E-state index in [9.17, 15) is 14.4 Å². The maximum atomic E-state index is 12.3. The lowest BCUT2D eigenvalue weighted by Gasteiger charge is -2.28. The predicted molar refractivity (Wildman–Crippen MR) is 106 cm³/mol. The molecule has 0 spiro atoms. The van der Waals surface area contributed by atoms with Crippen molar-refractivity contribution in [3.05, 3.63) is 65.1 Å². The van der Waals surface area contributed by atoms with Gasteiger partial charge in [-0.3, -0.25) is 9.59 Å². The highest BCUT2D eigenvalue weighted by Crippen LogP contribution is 2.19. The Kier molecular flexibility index (Phi) is 5.10. The molecule has 0 bridgehead atoms. The summed E-state index contributed by atoms with van der Waals surface area (Å²) in [6.45, 7) is 1.39. The summed E-state index contributed by atoms with van der Waals surface area (Å²) in [6.07, 6.45) is 0. The van der Waals surface area contributed by atoms with Crippen LogP contribution >= 0.6 is 0 Å². The van der Waals surface area contributed by atoms with Crippen molar-refractivity contribution in [2.45, 2.75) is 6.54 Å². The maximum absolute atomic E-state index is 12.3. The summed E-state index contributed by atoms with van der Waals surface area (Å²) in [6, 6.07) is 16.2. The van der Waals surface area contributed by atoms with E-state index in [1.165, 1.54) is 0 Å². The van der Waals surface area contributed by atoms with Crippen LogP contribution in [0.4, 0.5) is 11.4 Å². The molecular formula is C20H19N5O4. The highest BCUT2D eigenvalue weighted by Gasteiger charge is 2.17. The molecule has 1 aliphatic heterocycles. The molecular weight excluding hydrogens is 374 g/mol. The van der Waals surface area contributed by atoms with E-state index >= 15 is 0 Å². The number of anilines is 2. The van der Waals surface area contributed by atoms with Gasteiger partial charge in [0, 0.05) is 30.0 Å². The van der Waals surface area contributed by atoms with Gasteiger partial charge in [0.05, 0.1) is 6.54 Å². The van der Waals surface area contributed by atoms with Crippen LogP contribution in [0.5, 0.6) is 0 Å². The predicted octanol–water partition coefficient (Wildman–Crippen LogP) is 1.08. The fourth-order valence-electron chi connectivity index (χ4n) is 3.05. The molecule has 0 unspecified atom stereocenters. The second-order valence-electron chi connectivity index (χ2n) is 6.56. The SMILES string of the molecule is O=C1CN(c2ccc(NC(=O)Cn3nc(-c4ccccc4)oc3=O)cc2)CCN1. The summed E-state index contributed by atoms with van der Waals surface area (Å²) in [5.41, 5.74) is 2.14. The van der Waals surface area contributed by atoms with Crippen LogP contribution in [-0.4, -0.2) is 41.2 Å². The van der Waals surface area contributed by atoms with Crippen LogP contribution < -0.4 is 21.3 Å². The molecule has 1 fully saturated rings. The van der Waals surface area contributed by atoms with E-state index < -0.39 is 11.7 Å². The number of carbonyl (C=O) groups is 2. The topological polar surface area (TPSA) is 109 Å². The van der Waals surface area contributed by atoms with Gasteiger partial charge in [-0.15, -0.1) is 5.10 Å². The van der Waals surface area contributed by atoms with Crippen molar-refractivity contribution in [1.82, 2.24) is 15.1 Å². The van der Waals surface area contributed by atoms with Gasteiger partial charge in [0.1, 0.15) is 6.54 Å². The minimum Gasteiger partial charge on any atom is -0.388 e. The molecule has 2 aromatic carbocycles. The van der Waals surface area contributed by atoms with Crippen molar-refractivity contribution < 1.29 is 14.0 Å². The number of piperazine rings is 1. The first-order chi connectivity index (χ1) is 14.1. The van der Waals surface area contributed by atoms with Gasteiger partial charge in [-0.1, -0.05) is 18.2 Å². The van der Waals surface area contributed by atoms with Gasteiger partial charge >= 0.3 is 5.76 Å². The molecule has 29 heavy (non-hydrogen) atoms. The molecule has 148 valence electrons. The van der Waals surface area contributed by atoms with E-state index in [-0.39, 0.29) is 18.3 Å². The molecule has 0 atom stereocenters. The van der Waals surface area contributed by atoms with Crippen molar-refractivity contribution in [3.8, 4) is 11.5 Å². The van der Waals surface area contributed by atoms with Crippen LogP contribution in [0.25, 0.3) is 11.5 Å². The molecule has 0 aliphatic carbocycles. The van der Waals surface area contributed by atoms with E-state index in [0.29, 0.717) is 24.3 Å². The van der Waals surface area contributed by atoms with Crippen molar-refractivity contribution in [2.24, 2.45) is 0 Å². The number of benzene rings is 2. The van der Waals surface area contributed by atoms with E-state index in [2.05, 4.69) is 15.7 Å². The van der Waals surface area contributed by atoms with Crippen LogP contribution in [0, 0.1) is 0 Å². The van der Waals surface area contributed by atoms with Crippen molar-refractivity contribution in [2.75, 3.05) is 29.9 Å². The fraction of sp³-hybridized carbons (Fsp3) is 0.200. The lowest BCUT2D eigenvalue weighted by molar-refractivity contribution is -0.120. The fourth-order valence-corrected chi connectivity index (χ4v) is 3.05. The van der Waals surface area contributed by atoms with Gasteiger partial charge in [0.15, 0.2) is 0 Å². The standard InChI is InChI=1S/C20H19N5O4/c26-17-12-24(11-10-21-17)16-8-6-15(7-9-16)22-18(27)13-25-20(28)29-19(23-25)14-4-2-1-3-5-14/h1-9H,10-13H2,(H,21,26)(H,22,27). The van der Waals surface area contributed by atoms with Crippen LogP contribution in [0.1, 0.15) is 0 Å². The number of hydrogen-bond donors (Lipinski definition) is 2. The average Bonchev–Trinajstić information content (AvgIpc) is 3.09. The summed E-state index contributed by atoms with van der Waals surface area (Å²) in [4.78, 5) is 37.7. The lowest BCUT2D eigenvalue weighted by atomic mass is 10.2. The molecule has 4 rings (SSSR count). The monoisotopic (exact) mass is 393 g/mol. The number of hydrogen-bond acceptors (Lipinski definition) is 6. The molecule has 9 heteroatoms. The quantitative estimate of drug-likeness (QED) is 0.671. The average molecular weight is 393 g/mol. The molecule has 1 aromatic heterocycles. The van der Waals surface area contributed by atoms with Crippen molar-refractivity contribution >= 4 is 23.2 Å². The Morgan fingerprint density at radius 1 is 1.10 bits per heavy atom. The number of amides is 2. The third-order valence-corrected chi connectivity index (χ3v) is 4.47. The van der Waals surface area contributed by atoms with E-state index in [1.54, 1.807) is 36.4 Å². The van der Waals surface area contributed by atoms with Crippen LogP contribution in [-0.2, 0) is 16.1 Å². The molecule has 2 amide bonds. The summed E-state index contributed by atoms with van der Waals surface area (Å²) in [5, 5.41) is 9.58. The Morgan fingerprint density at radius 2 is 1.86 bits per heavy atom. The Bertz CT molecular complexity index is 1070. The first-order valence-electron chi connectivity index (χ1n) is 9.13. The zero-order valence-corrected chi connectivity index (χ0v) is 15.5. The number of nitrogens with one attached hydrogen (secondary N) is 2. The van der Waals surface area contributed by atoms with Crippen molar-refractivity contribution in [1.29, 1.82) is 0 Å². The summed E-state index contributed by atoms with van der Waals surface area (Å²) in [5.74, 6) is -0.942. The van der Waals surface area contributed by atoms with Gasteiger partial charge in [-0.25, -0.2) is 4.79 Å². The lowest BCUT2D eigenvalue weighted by Crippen LogP contribution is -2.47. The van der Waals surface area contributed by atoms with Gasteiger partial charge in [-0.05, 0) is 36.4 Å². The number of rotatable bonds is 5. The molecule has 9 nitrogen and oxygen atoms in total. The first kappa shape index (κ1) is 18.5. The van der Waals surface area contributed by atoms with E-state index in [4.69, 9.17) is 4.42 Å². The molecule has 2 heterocycles. The molecule has 2 N–H and O–H groups in total. The third kappa shape index (κ3) is 4.34. The van der Waals surface area contributed by atoms with E-state index in [0.717, 1.165) is 16.9 Å². The smallest absolute Gasteiger partial charge is 0.388 e. The second kappa shape index (κ2) is 8.01. The normalized spacial score (nSPS) is 13.8. The number of nitrogens with zero attached hydrogens (tertiary/aromatic N) is 3.